The fraction of sp³-hybridized carbons (Fsp3) is 0.250. The van der Waals surface area contributed by atoms with Gasteiger partial charge < -0.3 is 5.73 Å². The molecule has 0 radical (unpaired) electrons. The van der Waals surface area contributed by atoms with Gasteiger partial charge in [0, 0.05) is 24.9 Å². The molecule has 160 valence electrons. The van der Waals surface area contributed by atoms with Gasteiger partial charge in [-0.2, -0.15) is 0 Å². The highest BCUT2D eigenvalue weighted by atomic mass is 16.1. The first-order chi connectivity index (χ1) is 15.0. The summed E-state index contributed by atoms with van der Waals surface area (Å²) in [4.78, 5) is 15.8. The maximum absolute atomic E-state index is 13.5. The van der Waals surface area contributed by atoms with Crippen molar-refractivity contribution in [2.45, 2.75) is 39.4 Å². The summed E-state index contributed by atoms with van der Waals surface area (Å²) in [6, 6.07) is 30.6. The topological polar surface area (TPSA) is 46.3 Å². The minimum absolute atomic E-state index is 0.0573. The second-order valence-corrected chi connectivity index (χ2v) is 8.28. The van der Waals surface area contributed by atoms with Crippen molar-refractivity contribution in [3.8, 4) is 0 Å². The van der Waals surface area contributed by atoms with Gasteiger partial charge in [-0.3, -0.25) is 9.69 Å². The van der Waals surface area contributed by atoms with E-state index in [2.05, 4.69) is 41.3 Å². The van der Waals surface area contributed by atoms with Gasteiger partial charge >= 0.3 is 0 Å². The second-order valence-electron chi connectivity index (χ2n) is 8.28. The molecule has 0 aliphatic rings. The summed E-state index contributed by atoms with van der Waals surface area (Å²) >= 11 is 0. The lowest BCUT2D eigenvalue weighted by Crippen LogP contribution is -2.41. The molecule has 2 N–H and O–H groups in total. The molecule has 1 atom stereocenters. The molecule has 0 saturated carbocycles. The summed E-state index contributed by atoms with van der Waals surface area (Å²) in [5.41, 5.74) is 10.3. The third-order valence-electron chi connectivity index (χ3n) is 5.47. The van der Waals surface area contributed by atoms with Gasteiger partial charge in [0.2, 0.25) is 0 Å². The van der Waals surface area contributed by atoms with E-state index in [1.165, 1.54) is 11.1 Å². The van der Waals surface area contributed by atoms with E-state index in [9.17, 15) is 4.79 Å². The van der Waals surface area contributed by atoms with Crippen molar-refractivity contribution in [1.82, 2.24) is 4.90 Å². The van der Waals surface area contributed by atoms with Crippen LogP contribution in [0.15, 0.2) is 103 Å². The zero-order chi connectivity index (χ0) is 22.1. The third kappa shape index (κ3) is 6.94. The van der Waals surface area contributed by atoms with Crippen molar-refractivity contribution < 1.29 is 4.79 Å². The van der Waals surface area contributed by atoms with Crippen molar-refractivity contribution >= 4 is 5.78 Å². The Bertz CT molecular complexity index is 924. The predicted octanol–water partition coefficient (Wildman–Crippen LogP) is 5.37. The number of ketones is 1. The predicted molar refractivity (Wildman–Crippen MR) is 128 cm³/mol. The van der Waals surface area contributed by atoms with E-state index in [1.807, 2.05) is 68.4 Å². The van der Waals surface area contributed by atoms with Gasteiger partial charge in [-0.1, -0.05) is 105 Å². The highest BCUT2D eigenvalue weighted by Gasteiger charge is 2.26. The minimum Gasteiger partial charge on any atom is -0.402 e. The van der Waals surface area contributed by atoms with Crippen LogP contribution in [0.25, 0.3) is 0 Å². The van der Waals surface area contributed by atoms with E-state index in [1.54, 1.807) is 6.08 Å². The van der Waals surface area contributed by atoms with Crippen LogP contribution in [0.4, 0.5) is 0 Å². The highest BCUT2D eigenvalue weighted by molar-refractivity contribution is 5.95. The summed E-state index contributed by atoms with van der Waals surface area (Å²) in [7, 11) is 0. The molecule has 31 heavy (non-hydrogen) atoms. The summed E-state index contributed by atoms with van der Waals surface area (Å²) in [5, 5.41) is 0. The fourth-order valence-corrected chi connectivity index (χ4v) is 3.59. The first-order valence-corrected chi connectivity index (χ1v) is 10.9. The highest BCUT2D eigenvalue weighted by Crippen LogP contribution is 2.19. The lowest BCUT2D eigenvalue weighted by Gasteiger charge is -2.31. The summed E-state index contributed by atoms with van der Waals surface area (Å²) in [6.07, 6.45) is 2.28. The molecular weight excluding hydrogens is 380 g/mol. The Morgan fingerprint density at radius 1 is 0.774 bits per heavy atom. The minimum atomic E-state index is -0.305. The first kappa shape index (κ1) is 22.5. The van der Waals surface area contributed by atoms with Crippen LogP contribution < -0.4 is 5.73 Å². The molecule has 0 unspecified atom stereocenters. The van der Waals surface area contributed by atoms with Crippen molar-refractivity contribution in [2.75, 3.05) is 0 Å². The van der Waals surface area contributed by atoms with Gasteiger partial charge in [0.25, 0.3) is 0 Å². The van der Waals surface area contributed by atoms with Crippen LogP contribution in [0, 0.1) is 5.92 Å². The maximum Gasteiger partial charge on any atom is 0.174 e. The molecule has 0 aliphatic carbocycles. The molecule has 0 fully saturated rings. The molecule has 0 aromatic heterocycles. The van der Waals surface area contributed by atoms with Crippen LogP contribution >= 0.6 is 0 Å². The number of carbonyl (C=O) groups excluding carboxylic acids is 1. The van der Waals surface area contributed by atoms with Crippen LogP contribution in [-0.4, -0.2) is 16.7 Å². The Morgan fingerprint density at radius 3 is 1.61 bits per heavy atom. The Kier molecular flexibility index (Phi) is 8.19. The van der Waals surface area contributed by atoms with Crippen LogP contribution in [0.5, 0.6) is 0 Å². The maximum atomic E-state index is 13.5. The largest absolute Gasteiger partial charge is 0.402 e. The first-order valence-electron chi connectivity index (χ1n) is 10.9. The number of rotatable bonds is 10. The number of hydrogen-bond donors (Lipinski definition) is 1. The molecule has 0 spiro atoms. The molecule has 0 amide bonds. The lowest BCUT2D eigenvalue weighted by molar-refractivity contribution is -0.120. The van der Waals surface area contributed by atoms with Gasteiger partial charge in [-0.15, -0.1) is 0 Å². The molecule has 3 aromatic rings. The van der Waals surface area contributed by atoms with Crippen LogP contribution in [-0.2, 0) is 24.3 Å². The molecule has 3 rings (SSSR count). The van der Waals surface area contributed by atoms with Crippen LogP contribution in [0.3, 0.4) is 0 Å². The fourth-order valence-electron chi connectivity index (χ4n) is 3.59. The van der Waals surface area contributed by atoms with E-state index in [0.717, 1.165) is 5.56 Å². The molecule has 0 heterocycles. The standard InChI is InChI=1S/C28H32N2O/c1-22(2)26(29)19-28(31)27(18-23-12-6-3-7-13-23)30(20-24-14-8-4-9-15-24)21-25-16-10-5-11-17-25/h3-17,19,22,27H,18,20-21,29H2,1-2H3/b26-19-/t27-/m0/s1. The van der Waals surface area contributed by atoms with Gasteiger partial charge in [0.15, 0.2) is 5.78 Å². The van der Waals surface area contributed by atoms with E-state index in [0.29, 0.717) is 25.2 Å². The van der Waals surface area contributed by atoms with Crippen LogP contribution in [0.2, 0.25) is 0 Å². The van der Waals surface area contributed by atoms with E-state index < -0.39 is 0 Å². The van der Waals surface area contributed by atoms with Gasteiger partial charge in [-0.25, -0.2) is 0 Å². The smallest absolute Gasteiger partial charge is 0.174 e. The normalized spacial score (nSPS) is 12.8. The average molecular weight is 413 g/mol. The molecule has 3 nitrogen and oxygen atoms in total. The zero-order valence-corrected chi connectivity index (χ0v) is 18.4. The van der Waals surface area contributed by atoms with Crippen molar-refractivity contribution in [3.63, 3.8) is 0 Å². The molecular formula is C28H32N2O. The Hall–Kier alpha value is -3.17. The number of nitrogens with two attached hydrogens (primary N) is 1. The van der Waals surface area contributed by atoms with Crippen molar-refractivity contribution in [1.29, 1.82) is 0 Å². The number of allylic oxidation sites excluding steroid dienone is 1. The second kappa shape index (κ2) is 11.3. The van der Waals surface area contributed by atoms with Gasteiger partial charge in [-0.05, 0) is 29.0 Å². The molecule has 0 bridgehead atoms. The van der Waals surface area contributed by atoms with Gasteiger partial charge in [0.1, 0.15) is 0 Å². The van der Waals surface area contributed by atoms with E-state index in [-0.39, 0.29) is 17.7 Å². The molecule has 0 saturated heterocycles. The quantitative estimate of drug-likeness (QED) is 0.456. The molecule has 3 heteroatoms. The monoisotopic (exact) mass is 412 g/mol. The summed E-state index contributed by atoms with van der Waals surface area (Å²) in [5.74, 6) is 0.194. The van der Waals surface area contributed by atoms with Crippen LogP contribution in [0.1, 0.15) is 30.5 Å². The van der Waals surface area contributed by atoms with E-state index in [4.69, 9.17) is 5.73 Å². The van der Waals surface area contributed by atoms with Gasteiger partial charge in [0.05, 0.1) is 6.04 Å². The number of nitrogens with zero attached hydrogens (tertiary/aromatic N) is 1. The third-order valence-corrected chi connectivity index (χ3v) is 5.47. The van der Waals surface area contributed by atoms with Crippen molar-refractivity contribution in [3.05, 3.63) is 119 Å². The summed E-state index contributed by atoms with van der Waals surface area (Å²) < 4.78 is 0. The molecule has 3 aromatic carbocycles. The SMILES string of the molecule is CC(C)/C(N)=C/C(=O)[C@H](Cc1ccccc1)N(Cc1ccccc1)Cc1ccccc1. The number of benzene rings is 3. The summed E-state index contributed by atoms with van der Waals surface area (Å²) in [6.45, 7) is 5.40. The zero-order valence-electron chi connectivity index (χ0n) is 18.4. The molecule has 0 aliphatic heterocycles. The average Bonchev–Trinajstić information content (AvgIpc) is 2.79. The Morgan fingerprint density at radius 2 is 1.19 bits per heavy atom. The Balaban J connectivity index is 1.97. The Labute approximate surface area is 186 Å². The number of hydrogen-bond acceptors (Lipinski definition) is 3. The van der Waals surface area contributed by atoms with E-state index >= 15 is 0 Å². The lowest BCUT2D eigenvalue weighted by atomic mass is 9.97. The number of carbonyl (C=O) groups is 1. The van der Waals surface area contributed by atoms with Crippen molar-refractivity contribution in [2.24, 2.45) is 11.7 Å².